The van der Waals surface area contributed by atoms with Crippen LogP contribution in [0.1, 0.15) is 41.6 Å². The van der Waals surface area contributed by atoms with E-state index < -0.39 is 10.0 Å². The minimum absolute atomic E-state index is 0.0903. The second-order valence-corrected chi connectivity index (χ2v) is 8.45. The van der Waals surface area contributed by atoms with Gasteiger partial charge in [-0.15, -0.1) is 5.10 Å². The Morgan fingerprint density at radius 3 is 2.54 bits per heavy atom. The van der Waals surface area contributed by atoms with Crippen molar-refractivity contribution >= 4 is 16.1 Å². The Morgan fingerprint density at radius 1 is 1.17 bits per heavy atom. The molecule has 0 bridgehead atoms. The van der Waals surface area contributed by atoms with E-state index in [1.165, 1.54) is 22.6 Å². The highest BCUT2D eigenvalue weighted by atomic mass is 32.2. The molecule has 0 unspecified atom stereocenters. The fourth-order valence-electron chi connectivity index (χ4n) is 2.75. The lowest BCUT2D eigenvalue weighted by atomic mass is 10.2. The van der Waals surface area contributed by atoms with Gasteiger partial charge >= 0.3 is 0 Å². The van der Waals surface area contributed by atoms with Crippen LogP contribution >= 0.6 is 0 Å². The van der Waals surface area contributed by atoms with Crippen molar-refractivity contribution in [2.24, 2.45) is 0 Å². The van der Waals surface area contributed by atoms with E-state index in [1.54, 1.807) is 6.08 Å². The van der Waals surface area contributed by atoms with Crippen LogP contribution in [0.3, 0.4) is 0 Å². The molecule has 0 radical (unpaired) electrons. The average molecular weight is 344 g/mol. The molecule has 24 heavy (non-hydrogen) atoms. The van der Waals surface area contributed by atoms with Crippen LogP contribution in [0.15, 0.2) is 35.9 Å². The Balaban J connectivity index is 1.38. The number of hydrogen-bond acceptors (Lipinski definition) is 4. The number of aryl methyl sites for hydroxylation is 1. The van der Waals surface area contributed by atoms with E-state index in [4.69, 9.17) is 0 Å². The van der Waals surface area contributed by atoms with Gasteiger partial charge in [0.2, 0.25) is 10.0 Å². The second-order valence-electron chi connectivity index (χ2n) is 6.63. The molecule has 1 aliphatic carbocycles. The Hall–Kier alpha value is -1.99. The highest BCUT2D eigenvalue weighted by molar-refractivity contribution is 7.92. The van der Waals surface area contributed by atoms with Crippen LogP contribution in [0.2, 0.25) is 0 Å². The van der Waals surface area contributed by atoms with Crippen molar-refractivity contribution in [3.63, 3.8) is 0 Å². The predicted molar refractivity (Wildman–Crippen MR) is 91.7 cm³/mol. The third-order valence-corrected chi connectivity index (χ3v) is 6.09. The van der Waals surface area contributed by atoms with Gasteiger partial charge in [-0.1, -0.05) is 35.0 Å². The van der Waals surface area contributed by atoms with Gasteiger partial charge in [-0.2, -0.15) is 4.31 Å². The number of nitrogens with zero attached hydrogens (tertiary/aromatic N) is 4. The first-order valence-corrected chi connectivity index (χ1v) is 9.68. The van der Waals surface area contributed by atoms with E-state index in [-0.39, 0.29) is 6.04 Å². The van der Waals surface area contributed by atoms with Gasteiger partial charge in [-0.3, -0.25) is 0 Å². The largest absolute Gasteiger partial charge is 0.247 e. The van der Waals surface area contributed by atoms with Crippen LogP contribution in [0, 0.1) is 6.92 Å². The van der Waals surface area contributed by atoms with Crippen LogP contribution in [0.4, 0.5) is 0 Å². The molecule has 0 atom stereocenters. The molecule has 0 spiro atoms. The van der Waals surface area contributed by atoms with Crippen LogP contribution in [-0.2, 0) is 10.0 Å². The zero-order chi connectivity index (χ0) is 16.7. The zero-order valence-corrected chi connectivity index (χ0v) is 14.4. The van der Waals surface area contributed by atoms with Gasteiger partial charge in [0.15, 0.2) is 0 Å². The van der Waals surface area contributed by atoms with Gasteiger partial charge in [-0.05, 0) is 31.4 Å². The lowest BCUT2D eigenvalue weighted by molar-refractivity contribution is 0.191. The van der Waals surface area contributed by atoms with Gasteiger partial charge in [-0.25, -0.2) is 13.1 Å². The zero-order valence-electron chi connectivity index (χ0n) is 13.5. The number of rotatable bonds is 5. The molecule has 1 aliphatic heterocycles. The first kappa shape index (κ1) is 15.5. The van der Waals surface area contributed by atoms with E-state index in [1.807, 2.05) is 42.1 Å². The first-order valence-electron chi connectivity index (χ1n) is 8.18. The number of sulfonamides is 1. The summed E-state index contributed by atoms with van der Waals surface area (Å²) in [6, 6.07) is 7.85. The van der Waals surface area contributed by atoms with Gasteiger partial charge in [0.25, 0.3) is 0 Å². The molecule has 4 rings (SSSR count). The number of benzene rings is 1. The number of aromatic nitrogens is 3. The van der Waals surface area contributed by atoms with Gasteiger partial charge < -0.3 is 0 Å². The summed E-state index contributed by atoms with van der Waals surface area (Å²) >= 11 is 0. The molecule has 1 aromatic heterocycles. The molecule has 2 fully saturated rings. The summed E-state index contributed by atoms with van der Waals surface area (Å²) in [4.78, 5) is 0. The van der Waals surface area contributed by atoms with Crippen LogP contribution in [0.25, 0.3) is 6.08 Å². The third kappa shape index (κ3) is 3.14. The molecule has 1 aromatic carbocycles. The summed E-state index contributed by atoms with van der Waals surface area (Å²) in [6.07, 6.45) is 5.98. The highest BCUT2D eigenvalue weighted by Gasteiger charge is 2.37. The highest BCUT2D eigenvalue weighted by Crippen LogP contribution is 2.39. The first-order chi connectivity index (χ1) is 11.5. The molecule has 2 aromatic rings. The summed E-state index contributed by atoms with van der Waals surface area (Å²) in [5, 5.41) is 9.61. The summed E-state index contributed by atoms with van der Waals surface area (Å²) in [7, 11) is -3.38. The summed E-state index contributed by atoms with van der Waals surface area (Å²) in [5.41, 5.74) is 3.07. The van der Waals surface area contributed by atoms with Crippen molar-refractivity contribution < 1.29 is 8.42 Å². The van der Waals surface area contributed by atoms with Gasteiger partial charge in [0.05, 0.1) is 11.7 Å². The van der Waals surface area contributed by atoms with Crippen molar-refractivity contribution in [1.29, 1.82) is 0 Å². The molecule has 7 heteroatoms. The fourth-order valence-corrected chi connectivity index (χ4v) is 4.02. The fraction of sp³-hybridized carbons (Fsp3) is 0.412. The Labute approximate surface area is 141 Å². The van der Waals surface area contributed by atoms with Crippen LogP contribution in [0.5, 0.6) is 0 Å². The predicted octanol–water partition coefficient (Wildman–Crippen LogP) is 2.32. The maximum Gasteiger partial charge on any atom is 0.236 e. The van der Waals surface area contributed by atoms with Crippen LogP contribution < -0.4 is 0 Å². The molecule has 2 heterocycles. The lowest BCUT2D eigenvalue weighted by Gasteiger charge is -2.36. The Bertz CT molecular complexity index is 860. The Kier molecular flexibility index (Phi) is 3.77. The summed E-state index contributed by atoms with van der Waals surface area (Å²) < 4.78 is 28.0. The molecule has 0 amide bonds. The van der Waals surface area contributed by atoms with Gasteiger partial charge in [0, 0.05) is 30.6 Å². The van der Waals surface area contributed by atoms with E-state index in [0.29, 0.717) is 19.0 Å². The van der Waals surface area contributed by atoms with Gasteiger partial charge in [0.1, 0.15) is 0 Å². The maximum absolute atomic E-state index is 12.3. The second kappa shape index (κ2) is 5.82. The molecular weight excluding hydrogens is 324 g/mol. The summed E-state index contributed by atoms with van der Waals surface area (Å²) in [6.45, 7) is 2.91. The maximum atomic E-state index is 12.3. The van der Waals surface area contributed by atoms with Crippen molar-refractivity contribution in [3.8, 4) is 0 Å². The molecule has 2 aliphatic rings. The third-order valence-electron chi connectivity index (χ3n) is 4.60. The monoisotopic (exact) mass is 344 g/mol. The molecule has 1 saturated heterocycles. The van der Waals surface area contributed by atoms with Crippen LogP contribution in [-0.4, -0.2) is 40.8 Å². The van der Waals surface area contributed by atoms with E-state index in [2.05, 4.69) is 10.3 Å². The van der Waals surface area contributed by atoms with Crippen molar-refractivity contribution in [2.75, 3.05) is 13.1 Å². The molecule has 0 N–H and O–H groups in total. The minimum atomic E-state index is -3.38. The minimum Gasteiger partial charge on any atom is -0.247 e. The lowest BCUT2D eigenvalue weighted by Crippen LogP contribution is -2.50. The smallest absolute Gasteiger partial charge is 0.236 e. The number of hydrogen-bond donors (Lipinski definition) is 0. The van der Waals surface area contributed by atoms with E-state index in [0.717, 1.165) is 16.8 Å². The summed E-state index contributed by atoms with van der Waals surface area (Å²) in [5.74, 6) is 0.566. The SMILES string of the molecule is Cc1ccc(/C=C/S(=O)(=O)N2CC(n3cc(C4CC4)nn3)C2)cc1. The van der Waals surface area contributed by atoms with Crippen molar-refractivity contribution in [3.05, 3.63) is 52.7 Å². The normalized spacial score (nSPS) is 19.7. The Morgan fingerprint density at radius 2 is 1.88 bits per heavy atom. The molecule has 126 valence electrons. The van der Waals surface area contributed by atoms with E-state index in [9.17, 15) is 8.42 Å². The quantitative estimate of drug-likeness (QED) is 0.835. The van der Waals surface area contributed by atoms with Crippen molar-refractivity contribution in [2.45, 2.75) is 31.7 Å². The topological polar surface area (TPSA) is 68.1 Å². The average Bonchev–Trinajstić information content (AvgIpc) is 3.25. The molecule has 6 nitrogen and oxygen atoms in total. The standard InChI is InChI=1S/C17H20N4O2S/c1-13-2-4-14(5-3-13)8-9-24(22,23)20-10-16(11-20)21-12-17(18-19-21)15-6-7-15/h2-5,8-9,12,15-16H,6-7,10-11H2,1H3/b9-8+. The molecule has 1 saturated carbocycles. The molecular formula is C17H20N4O2S. The van der Waals surface area contributed by atoms with E-state index >= 15 is 0 Å². The van der Waals surface area contributed by atoms with Crippen molar-refractivity contribution in [1.82, 2.24) is 19.3 Å².